The van der Waals surface area contributed by atoms with Gasteiger partial charge in [0.1, 0.15) is 5.75 Å². The van der Waals surface area contributed by atoms with Crippen LogP contribution in [0.25, 0.3) is 0 Å². The average molecular weight is 463 g/mol. The van der Waals surface area contributed by atoms with E-state index in [1.54, 1.807) is 49.5 Å². The standard InChI is InChI=1S/C24H25N5O5/c1-27-9-11-29(12-10-27)23(30)16-3-5-17(6-4-16)26-22-21(14-25-28(2)24(22)31)34-18-7-8-19-20(13-18)33-15-32-19/h3-8,13-14,26H,9-12,15H2,1-2H3. The van der Waals surface area contributed by atoms with Gasteiger partial charge in [0.05, 0.1) is 6.20 Å². The van der Waals surface area contributed by atoms with Gasteiger partial charge in [-0.05, 0) is 43.4 Å². The molecule has 5 rings (SSSR count). The van der Waals surface area contributed by atoms with E-state index in [4.69, 9.17) is 14.2 Å². The number of rotatable bonds is 5. The van der Waals surface area contributed by atoms with Crippen molar-refractivity contribution in [2.24, 2.45) is 7.05 Å². The lowest BCUT2D eigenvalue weighted by Gasteiger charge is -2.32. The molecule has 10 heteroatoms. The summed E-state index contributed by atoms with van der Waals surface area (Å²) in [5.74, 6) is 1.96. The lowest BCUT2D eigenvalue weighted by Crippen LogP contribution is -2.47. The van der Waals surface area contributed by atoms with Crippen LogP contribution in [0.5, 0.6) is 23.0 Å². The number of nitrogens with one attached hydrogen (secondary N) is 1. The van der Waals surface area contributed by atoms with Gasteiger partial charge in [0, 0.05) is 50.5 Å². The number of nitrogens with zero attached hydrogens (tertiary/aromatic N) is 4. The molecule has 10 nitrogen and oxygen atoms in total. The molecular weight excluding hydrogens is 438 g/mol. The fourth-order valence-corrected chi connectivity index (χ4v) is 3.82. The van der Waals surface area contributed by atoms with E-state index in [0.717, 1.165) is 13.1 Å². The predicted molar refractivity (Wildman–Crippen MR) is 125 cm³/mol. The normalized spacial score (nSPS) is 15.3. The van der Waals surface area contributed by atoms with Gasteiger partial charge in [0.25, 0.3) is 11.5 Å². The Bertz CT molecular complexity index is 1270. The highest BCUT2D eigenvalue weighted by molar-refractivity contribution is 5.94. The minimum Gasteiger partial charge on any atom is -0.454 e. The largest absolute Gasteiger partial charge is 0.454 e. The van der Waals surface area contributed by atoms with Crippen LogP contribution in [0.4, 0.5) is 11.4 Å². The van der Waals surface area contributed by atoms with Gasteiger partial charge in [-0.15, -0.1) is 0 Å². The van der Waals surface area contributed by atoms with E-state index in [9.17, 15) is 9.59 Å². The molecule has 0 radical (unpaired) electrons. The van der Waals surface area contributed by atoms with Gasteiger partial charge in [-0.2, -0.15) is 5.10 Å². The maximum absolute atomic E-state index is 12.8. The van der Waals surface area contributed by atoms with Crippen LogP contribution >= 0.6 is 0 Å². The van der Waals surface area contributed by atoms with Crippen molar-refractivity contribution >= 4 is 17.3 Å². The summed E-state index contributed by atoms with van der Waals surface area (Å²) in [7, 11) is 3.62. The summed E-state index contributed by atoms with van der Waals surface area (Å²) in [6.07, 6.45) is 1.47. The minimum atomic E-state index is -0.351. The summed E-state index contributed by atoms with van der Waals surface area (Å²) in [4.78, 5) is 29.7. The van der Waals surface area contributed by atoms with Crippen LogP contribution in [0, 0.1) is 0 Å². The van der Waals surface area contributed by atoms with E-state index in [2.05, 4.69) is 22.4 Å². The molecule has 3 heterocycles. The van der Waals surface area contributed by atoms with E-state index in [-0.39, 0.29) is 29.7 Å². The van der Waals surface area contributed by atoms with Crippen molar-refractivity contribution in [1.29, 1.82) is 0 Å². The van der Waals surface area contributed by atoms with Crippen LogP contribution in [-0.2, 0) is 7.05 Å². The van der Waals surface area contributed by atoms with Crippen molar-refractivity contribution in [3.63, 3.8) is 0 Å². The molecule has 1 fully saturated rings. The SMILES string of the molecule is CN1CCN(C(=O)c2ccc(Nc3c(Oc4ccc5c(c4)OCO5)cnn(C)c3=O)cc2)CC1. The molecule has 0 bridgehead atoms. The Morgan fingerprint density at radius 3 is 2.50 bits per heavy atom. The molecule has 0 unspecified atom stereocenters. The summed E-state index contributed by atoms with van der Waals surface area (Å²) < 4.78 is 17.9. The molecule has 0 atom stereocenters. The first kappa shape index (κ1) is 21.8. The molecule has 1 saturated heterocycles. The Kier molecular flexibility index (Phi) is 5.81. The zero-order valence-corrected chi connectivity index (χ0v) is 19.0. The third-order valence-electron chi connectivity index (χ3n) is 5.87. The minimum absolute atomic E-state index is 0.00584. The number of aromatic nitrogens is 2. The molecule has 0 saturated carbocycles. The van der Waals surface area contributed by atoms with E-state index in [1.807, 2.05) is 4.90 Å². The summed E-state index contributed by atoms with van der Waals surface area (Å²) in [6.45, 7) is 3.31. The lowest BCUT2D eigenvalue weighted by molar-refractivity contribution is 0.0664. The molecule has 1 N–H and O–H groups in total. The maximum Gasteiger partial charge on any atom is 0.294 e. The topological polar surface area (TPSA) is 98.2 Å². The molecular formula is C24H25N5O5. The van der Waals surface area contributed by atoms with Gasteiger partial charge in [-0.1, -0.05) is 0 Å². The Morgan fingerprint density at radius 2 is 1.74 bits per heavy atom. The molecule has 2 aromatic carbocycles. The Hall–Kier alpha value is -4.05. The molecule has 2 aliphatic rings. The first-order valence-corrected chi connectivity index (χ1v) is 11.0. The molecule has 176 valence electrons. The van der Waals surface area contributed by atoms with Crippen LogP contribution < -0.4 is 25.1 Å². The number of anilines is 2. The average Bonchev–Trinajstić information content (AvgIpc) is 3.32. The number of amides is 1. The molecule has 1 aromatic heterocycles. The van der Waals surface area contributed by atoms with Crippen molar-refractivity contribution in [3.05, 3.63) is 64.6 Å². The number of hydrogen-bond donors (Lipinski definition) is 1. The molecule has 3 aromatic rings. The number of fused-ring (bicyclic) bond motifs is 1. The van der Waals surface area contributed by atoms with E-state index >= 15 is 0 Å². The summed E-state index contributed by atoms with van der Waals surface area (Å²) in [5.41, 5.74) is 1.13. The number of carbonyl (C=O) groups is 1. The quantitative estimate of drug-likeness (QED) is 0.616. The fourth-order valence-electron chi connectivity index (χ4n) is 3.82. The number of likely N-dealkylation sites (N-methyl/N-ethyl adjacent to an activating group) is 1. The molecule has 1 amide bonds. The highest BCUT2D eigenvalue weighted by Crippen LogP contribution is 2.37. The van der Waals surface area contributed by atoms with Crippen LogP contribution in [0.2, 0.25) is 0 Å². The number of ether oxygens (including phenoxy) is 3. The second-order valence-electron chi connectivity index (χ2n) is 8.23. The zero-order chi connectivity index (χ0) is 23.7. The maximum atomic E-state index is 12.8. The molecule has 0 spiro atoms. The first-order chi connectivity index (χ1) is 16.5. The summed E-state index contributed by atoms with van der Waals surface area (Å²) in [6, 6.07) is 12.2. The molecule has 2 aliphatic heterocycles. The predicted octanol–water partition coefficient (Wildman–Crippen LogP) is 2.43. The van der Waals surface area contributed by atoms with Crippen LogP contribution in [0.1, 0.15) is 10.4 Å². The zero-order valence-electron chi connectivity index (χ0n) is 19.0. The van der Waals surface area contributed by atoms with Crippen molar-refractivity contribution in [2.75, 3.05) is 45.3 Å². The lowest BCUT2D eigenvalue weighted by atomic mass is 10.1. The van der Waals surface area contributed by atoms with Gasteiger partial charge in [-0.25, -0.2) is 4.68 Å². The van der Waals surface area contributed by atoms with E-state index in [1.165, 1.54) is 10.9 Å². The Labute approximate surface area is 196 Å². The number of piperazine rings is 1. The van der Waals surface area contributed by atoms with Gasteiger partial charge >= 0.3 is 0 Å². The van der Waals surface area contributed by atoms with Gasteiger partial charge in [0.2, 0.25) is 6.79 Å². The highest BCUT2D eigenvalue weighted by Gasteiger charge is 2.21. The van der Waals surface area contributed by atoms with E-state index < -0.39 is 0 Å². The van der Waals surface area contributed by atoms with E-state index in [0.29, 0.717) is 41.6 Å². The van der Waals surface area contributed by atoms with Gasteiger partial charge in [0.15, 0.2) is 22.9 Å². The first-order valence-electron chi connectivity index (χ1n) is 11.0. The van der Waals surface area contributed by atoms with Crippen molar-refractivity contribution in [3.8, 4) is 23.0 Å². The summed E-state index contributed by atoms with van der Waals surface area (Å²) in [5, 5.41) is 7.19. The number of carbonyl (C=O) groups excluding carboxylic acids is 1. The second-order valence-corrected chi connectivity index (χ2v) is 8.23. The third kappa shape index (κ3) is 4.40. The van der Waals surface area contributed by atoms with Gasteiger partial charge < -0.3 is 29.3 Å². The highest BCUT2D eigenvalue weighted by atomic mass is 16.7. The number of hydrogen-bond acceptors (Lipinski definition) is 8. The van der Waals surface area contributed by atoms with Crippen LogP contribution in [-0.4, -0.2) is 65.5 Å². The molecule has 34 heavy (non-hydrogen) atoms. The summed E-state index contributed by atoms with van der Waals surface area (Å²) >= 11 is 0. The van der Waals surface area contributed by atoms with Crippen molar-refractivity contribution in [2.45, 2.75) is 0 Å². The Morgan fingerprint density at radius 1 is 1.00 bits per heavy atom. The number of aryl methyl sites for hydroxylation is 1. The van der Waals surface area contributed by atoms with Crippen LogP contribution in [0.3, 0.4) is 0 Å². The molecule has 0 aliphatic carbocycles. The van der Waals surface area contributed by atoms with Crippen molar-refractivity contribution in [1.82, 2.24) is 19.6 Å². The monoisotopic (exact) mass is 463 g/mol. The smallest absolute Gasteiger partial charge is 0.294 e. The Balaban J connectivity index is 1.35. The number of benzene rings is 2. The van der Waals surface area contributed by atoms with Crippen molar-refractivity contribution < 1.29 is 19.0 Å². The van der Waals surface area contributed by atoms with Crippen LogP contribution in [0.15, 0.2) is 53.5 Å². The third-order valence-corrected chi connectivity index (χ3v) is 5.87. The van der Waals surface area contributed by atoms with Gasteiger partial charge in [-0.3, -0.25) is 9.59 Å². The second kappa shape index (κ2) is 9.06. The fraction of sp³-hybridized carbons (Fsp3) is 0.292.